The van der Waals surface area contributed by atoms with Gasteiger partial charge < -0.3 is 19.9 Å². The van der Waals surface area contributed by atoms with Crippen LogP contribution in [-0.2, 0) is 24.5 Å². The van der Waals surface area contributed by atoms with Crippen LogP contribution in [0.2, 0.25) is 0 Å². The molecule has 0 spiro atoms. The molecule has 2 aromatic carbocycles. The molecule has 0 saturated carbocycles. The predicted octanol–water partition coefficient (Wildman–Crippen LogP) is 3.25. The van der Waals surface area contributed by atoms with Crippen molar-refractivity contribution in [2.75, 3.05) is 25.7 Å². The van der Waals surface area contributed by atoms with Crippen molar-refractivity contribution in [1.29, 1.82) is 5.26 Å². The zero-order chi connectivity index (χ0) is 24.6. The topological polar surface area (TPSA) is 115 Å². The number of nitrogens with two attached hydrogens (primary N) is 1. The minimum Gasteiger partial charge on any atom is -0.492 e. The fourth-order valence-electron chi connectivity index (χ4n) is 4.45. The monoisotopic (exact) mass is 459 g/mol. The average molecular weight is 460 g/mol. The van der Waals surface area contributed by atoms with Crippen LogP contribution in [0.15, 0.2) is 71.2 Å². The van der Waals surface area contributed by atoms with E-state index in [9.17, 15) is 14.9 Å². The van der Waals surface area contributed by atoms with Crippen molar-refractivity contribution in [3.05, 3.63) is 82.3 Å². The Kier molecular flexibility index (Phi) is 5.80. The third-order valence-electron chi connectivity index (χ3n) is 6.15. The van der Waals surface area contributed by atoms with Gasteiger partial charge in [-0.05, 0) is 11.6 Å². The highest BCUT2D eigenvalue weighted by Gasteiger charge is 2.43. The number of hydrogen-bond acceptors (Lipinski definition) is 8. The van der Waals surface area contributed by atoms with Gasteiger partial charge in [0.05, 0.1) is 49.6 Å². The molecular formula is C26H25N3O5. The molecule has 4 rings (SSSR count). The third-order valence-corrected chi connectivity index (χ3v) is 6.15. The maximum atomic E-state index is 13.1. The van der Waals surface area contributed by atoms with Crippen LogP contribution in [0.25, 0.3) is 0 Å². The van der Waals surface area contributed by atoms with E-state index in [1.165, 1.54) is 19.1 Å². The molecule has 0 aliphatic carbocycles. The lowest BCUT2D eigenvalue weighted by atomic mass is 9.80. The second-order valence-corrected chi connectivity index (χ2v) is 8.69. The number of carbonyl (C=O) groups is 2. The number of fused-ring (bicyclic) bond motifs is 1. The molecule has 174 valence electrons. The van der Waals surface area contributed by atoms with Gasteiger partial charge in [0.25, 0.3) is 0 Å². The first-order valence-electron chi connectivity index (χ1n) is 10.7. The summed E-state index contributed by atoms with van der Waals surface area (Å²) >= 11 is 0. The van der Waals surface area contributed by atoms with E-state index in [-0.39, 0.29) is 28.1 Å². The zero-order valence-electron chi connectivity index (χ0n) is 19.4. The minimum atomic E-state index is -0.909. The molecule has 2 aromatic rings. The Balaban J connectivity index is 2.02. The number of carbonyl (C=O) groups excluding carboxylic acids is 2. The van der Waals surface area contributed by atoms with E-state index >= 15 is 0 Å². The summed E-state index contributed by atoms with van der Waals surface area (Å²) in [6.07, 6.45) is 0. The first-order chi connectivity index (χ1) is 16.2. The van der Waals surface area contributed by atoms with E-state index in [0.717, 1.165) is 5.56 Å². The number of nitrogens with zero attached hydrogens (tertiary/aromatic N) is 2. The molecule has 0 fully saturated rings. The van der Waals surface area contributed by atoms with Crippen LogP contribution in [-0.4, -0.2) is 32.8 Å². The summed E-state index contributed by atoms with van der Waals surface area (Å²) in [4.78, 5) is 27.6. The molecular weight excluding hydrogens is 434 g/mol. The second kappa shape index (κ2) is 8.60. The predicted molar refractivity (Wildman–Crippen MR) is 125 cm³/mol. The Morgan fingerprint density at radius 1 is 1.12 bits per heavy atom. The van der Waals surface area contributed by atoms with Crippen molar-refractivity contribution in [3.63, 3.8) is 0 Å². The first-order valence-corrected chi connectivity index (χ1v) is 10.7. The standard InChI is InChI=1S/C26H25N3O5/c1-26(2)14-34-19-12-16(10-11-18(19)26)29-22(25(31)33-4)21(24(30)32-3)20(17(13-27)23(29)28)15-8-6-5-7-9-15/h5-12,20H,14,28H2,1-4H3. The average Bonchev–Trinajstić information content (AvgIpc) is 3.16. The summed E-state index contributed by atoms with van der Waals surface area (Å²) in [5.74, 6) is -1.81. The van der Waals surface area contributed by atoms with Crippen molar-refractivity contribution in [1.82, 2.24) is 0 Å². The van der Waals surface area contributed by atoms with Gasteiger partial charge in [-0.2, -0.15) is 5.26 Å². The van der Waals surface area contributed by atoms with Gasteiger partial charge in [0.1, 0.15) is 17.3 Å². The Bertz CT molecular complexity index is 1270. The number of anilines is 1. The van der Waals surface area contributed by atoms with Gasteiger partial charge in [0, 0.05) is 17.0 Å². The molecule has 0 saturated heterocycles. The van der Waals surface area contributed by atoms with Gasteiger partial charge in [0.2, 0.25) is 0 Å². The normalized spacial score (nSPS) is 18.7. The number of ether oxygens (including phenoxy) is 3. The lowest BCUT2D eigenvalue weighted by Crippen LogP contribution is -2.40. The SMILES string of the molecule is COC(=O)C1=C(C(=O)OC)N(c2ccc3c(c2)OCC3(C)C)C(N)=C(C#N)C1c1ccccc1. The molecule has 1 atom stereocenters. The molecule has 8 nitrogen and oxygen atoms in total. The molecule has 1 unspecified atom stereocenters. The molecule has 0 radical (unpaired) electrons. The van der Waals surface area contributed by atoms with Crippen molar-refractivity contribution in [2.24, 2.45) is 5.73 Å². The number of rotatable bonds is 4. The molecule has 0 amide bonds. The van der Waals surface area contributed by atoms with Crippen LogP contribution in [0, 0.1) is 11.3 Å². The van der Waals surface area contributed by atoms with E-state index in [1.807, 2.05) is 12.1 Å². The van der Waals surface area contributed by atoms with Crippen LogP contribution in [0.4, 0.5) is 5.69 Å². The number of allylic oxidation sites excluding steroid dienone is 1. The third kappa shape index (κ3) is 3.55. The zero-order valence-corrected chi connectivity index (χ0v) is 19.4. The van der Waals surface area contributed by atoms with Gasteiger partial charge in [-0.1, -0.05) is 50.2 Å². The molecule has 0 aromatic heterocycles. The van der Waals surface area contributed by atoms with Crippen molar-refractivity contribution in [3.8, 4) is 11.8 Å². The fourth-order valence-corrected chi connectivity index (χ4v) is 4.45. The van der Waals surface area contributed by atoms with E-state index in [4.69, 9.17) is 19.9 Å². The number of hydrogen-bond donors (Lipinski definition) is 1. The first kappa shape index (κ1) is 22.9. The molecule has 2 aliphatic rings. The van der Waals surface area contributed by atoms with Crippen LogP contribution in [0.1, 0.15) is 30.9 Å². The van der Waals surface area contributed by atoms with E-state index in [0.29, 0.717) is 23.6 Å². The molecule has 2 heterocycles. The number of nitriles is 1. The highest BCUT2D eigenvalue weighted by Crippen LogP contribution is 2.46. The molecule has 2 aliphatic heterocycles. The fraction of sp³-hybridized carbons (Fsp3) is 0.269. The molecule has 2 N–H and O–H groups in total. The minimum absolute atomic E-state index is 0.0154. The summed E-state index contributed by atoms with van der Waals surface area (Å²) in [7, 11) is 2.43. The largest absolute Gasteiger partial charge is 0.492 e. The Hall–Kier alpha value is -4.25. The van der Waals surface area contributed by atoms with Crippen LogP contribution >= 0.6 is 0 Å². The summed E-state index contributed by atoms with van der Waals surface area (Å²) in [5.41, 5.74) is 8.39. The van der Waals surface area contributed by atoms with E-state index in [1.54, 1.807) is 36.4 Å². The van der Waals surface area contributed by atoms with Gasteiger partial charge in [-0.3, -0.25) is 4.90 Å². The highest BCUT2D eigenvalue weighted by molar-refractivity contribution is 6.06. The smallest absolute Gasteiger partial charge is 0.355 e. The quantitative estimate of drug-likeness (QED) is 0.693. The summed E-state index contributed by atoms with van der Waals surface area (Å²) < 4.78 is 16.0. The molecule has 34 heavy (non-hydrogen) atoms. The molecule has 8 heteroatoms. The van der Waals surface area contributed by atoms with Crippen molar-refractivity contribution >= 4 is 17.6 Å². The highest BCUT2D eigenvalue weighted by atomic mass is 16.5. The summed E-state index contributed by atoms with van der Waals surface area (Å²) in [6.45, 7) is 4.64. The molecule has 0 bridgehead atoms. The van der Waals surface area contributed by atoms with Gasteiger partial charge in [-0.15, -0.1) is 0 Å². The lowest BCUT2D eigenvalue weighted by Gasteiger charge is -2.36. The van der Waals surface area contributed by atoms with Crippen molar-refractivity contribution < 1.29 is 23.8 Å². The second-order valence-electron chi connectivity index (χ2n) is 8.69. The Morgan fingerprint density at radius 3 is 2.41 bits per heavy atom. The number of esters is 2. The van der Waals surface area contributed by atoms with E-state index < -0.39 is 17.9 Å². The van der Waals surface area contributed by atoms with Gasteiger partial charge >= 0.3 is 11.9 Å². The Morgan fingerprint density at radius 2 is 1.79 bits per heavy atom. The number of methoxy groups -OCH3 is 2. The summed E-state index contributed by atoms with van der Waals surface area (Å²) in [5, 5.41) is 10.1. The lowest BCUT2D eigenvalue weighted by molar-refractivity contribution is -0.139. The maximum absolute atomic E-state index is 13.1. The van der Waals surface area contributed by atoms with Crippen molar-refractivity contribution in [2.45, 2.75) is 25.2 Å². The Labute approximate surface area is 197 Å². The number of benzene rings is 2. The van der Waals surface area contributed by atoms with Crippen LogP contribution in [0.5, 0.6) is 5.75 Å². The maximum Gasteiger partial charge on any atom is 0.355 e. The van der Waals surface area contributed by atoms with Gasteiger partial charge in [0.15, 0.2) is 0 Å². The van der Waals surface area contributed by atoms with Crippen LogP contribution in [0.3, 0.4) is 0 Å². The van der Waals surface area contributed by atoms with E-state index in [2.05, 4.69) is 19.9 Å². The van der Waals surface area contributed by atoms with Gasteiger partial charge in [-0.25, -0.2) is 9.59 Å². The van der Waals surface area contributed by atoms with Crippen LogP contribution < -0.4 is 15.4 Å². The summed E-state index contributed by atoms with van der Waals surface area (Å²) in [6, 6.07) is 16.4.